The maximum Gasteiger partial charge on any atom is 0.335 e. The van der Waals surface area contributed by atoms with E-state index in [0.717, 1.165) is 16.0 Å². The number of hydrogen-bond donors (Lipinski definition) is 1. The van der Waals surface area contributed by atoms with Gasteiger partial charge in [-0.3, -0.25) is 14.9 Å². The number of carbonyl (C=O) groups is 4. The van der Waals surface area contributed by atoms with Crippen LogP contribution in [-0.4, -0.2) is 29.9 Å². The summed E-state index contributed by atoms with van der Waals surface area (Å²) in [5.74, 6) is -2.58. The highest BCUT2D eigenvalue weighted by molar-refractivity contribution is 6.39. The van der Waals surface area contributed by atoms with Crippen LogP contribution in [0.4, 0.5) is 10.5 Å². The van der Waals surface area contributed by atoms with E-state index in [9.17, 15) is 24.3 Å². The van der Waals surface area contributed by atoms with Crippen LogP contribution in [0.1, 0.15) is 23.6 Å². The minimum Gasteiger partial charge on any atom is -0.546 e. The number of nitrogens with one attached hydrogen (secondary N) is 1. The fraction of sp³-hybridized carbons (Fsp3) is 0.182. The molecule has 154 valence electrons. The molecule has 0 bridgehead atoms. The molecule has 4 amide bonds. The number of aliphatic carboxylic acids is 1. The second-order valence-corrected chi connectivity index (χ2v) is 6.83. The largest absolute Gasteiger partial charge is 0.546 e. The van der Waals surface area contributed by atoms with Crippen molar-refractivity contribution in [3.63, 3.8) is 0 Å². The molecule has 1 heterocycles. The Kier molecular flexibility index (Phi) is 5.68. The third-order valence-electron chi connectivity index (χ3n) is 4.75. The summed E-state index contributed by atoms with van der Waals surface area (Å²) in [6, 6.07) is 10.5. The van der Waals surface area contributed by atoms with Crippen molar-refractivity contribution >= 4 is 35.6 Å². The molecule has 2 aromatic rings. The van der Waals surface area contributed by atoms with E-state index in [1.807, 2.05) is 13.0 Å². The molecule has 0 saturated carbocycles. The second kappa shape index (κ2) is 8.20. The predicted octanol–water partition coefficient (Wildman–Crippen LogP) is 1.49. The Morgan fingerprint density at radius 3 is 2.40 bits per heavy atom. The van der Waals surface area contributed by atoms with Crippen molar-refractivity contribution in [3.8, 4) is 5.75 Å². The normalized spacial score (nSPS) is 16.4. The van der Waals surface area contributed by atoms with Gasteiger partial charge in [0.05, 0.1) is 11.7 Å². The smallest absolute Gasteiger partial charge is 0.335 e. The molecule has 1 aliphatic rings. The van der Waals surface area contributed by atoms with E-state index in [1.165, 1.54) is 25.1 Å². The van der Waals surface area contributed by atoms with Gasteiger partial charge in [-0.25, -0.2) is 9.69 Å². The number of carbonyl (C=O) groups excluding carboxylic acids is 4. The number of urea groups is 1. The van der Waals surface area contributed by atoms with E-state index >= 15 is 0 Å². The Morgan fingerprint density at radius 2 is 1.77 bits per heavy atom. The molecule has 3 rings (SSSR count). The summed E-state index contributed by atoms with van der Waals surface area (Å²) in [4.78, 5) is 49.3. The highest BCUT2D eigenvalue weighted by Gasteiger charge is 2.37. The van der Waals surface area contributed by atoms with Gasteiger partial charge >= 0.3 is 6.03 Å². The molecule has 1 aliphatic heterocycles. The number of carboxylic acid groups (broad SMARTS) is 1. The average molecular weight is 407 g/mol. The molecule has 2 aromatic carbocycles. The van der Waals surface area contributed by atoms with Crippen molar-refractivity contribution in [3.05, 3.63) is 64.7 Å². The van der Waals surface area contributed by atoms with E-state index in [2.05, 4.69) is 5.32 Å². The van der Waals surface area contributed by atoms with Crippen LogP contribution in [0, 0.1) is 13.8 Å². The lowest BCUT2D eigenvalue weighted by atomic mass is 10.0. The predicted molar refractivity (Wildman–Crippen MR) is 106 cm³/mol. The highest BCUT2D eigenvalue weighted by atomic mass is 16.5. The number of benzene rings is 2. The van der Waals surface area contributed by atoms with Gasteiger partial charge in [-0.05, 0) is 61.7 Å². The lowest BCUT2D eigenvalue weighted by Gasteiger charge is -2.28. The first kappa shape index (κ1) is 20.8. The zero-order valence-corrected chi connectivity index (χ0v) is 16.6. The molecule has 0 aliphatic carbocycles. The number of imide groups is 2. The van der Waals surface area contributed by atoms with Gasteiger partial charge in [-0.2, -0.15) is 0 Å². The first-order valence-corrected chi connectivity index (χ1v) is 9.14. The van der Waals surface area contributed by atoms with Crippen molar-refractivity contribution in [2.45, 2.75) is 26.9 Å². The number of nitrogens with zero attached hydrogens (tertiary/aromatic N) is 1. The van der Waals surface area contributed by atoms with Crippen molar-refractivity contribution < 1.29 is 29.0 Å². The van der Waals surface area contributed by atoms with Gasteiger partial charge in [0, 0.05) is 0 Å². The molecule has 1 N–H and O–H groups in total. The van der Waals surface area contributed by atoms with Crippen LogP contribution in [0.3, 0.4) is 0 Å². The van der Waals surface area contributed by atoms with Crippen molar-refractivity contribution in [2.24, 2.45) is 0 Å². The fourth-order valence-electron chi connectivity index (χ4n) is 2.92. The molecule has 0 radical (unpaired) electrons. The number of ether oxygens (including phenoxy) is 1. The molecule has 0 spiro atoms. The van der Waals surface area contributed by atoms with Gasteiger partial charge in [0.2, 0.25) is 0 Å². The van der Waals surface area contributed by atoms with E-state index in [1.54, 1.807) is 31.2 Å². The third-order valence-corrected chi connectivity index (χ3v) is 4.75. The zero-order chi connectivity index (χ0) is 22.0. The Labute approximate surface area is 172 Å². The summed E-state index contributed by atoms with van der Waals surface area (Å²) < 4.78 is 5.19. The summed E-state index contributed by atoms with van der Waals surface area (Å²) >= 11 is 0. The van der Waals surface area contributed by atoms with Gasteiger partial charge in [-0.1, -0.05) is 24.3 Å². The minimum absolute atomic E-state index is 0.202. The molecule has 0 unspecified atom stereocenters. The average Bonchev–Trinajstić information content (AvgIpc) is 2.69. The van der Waals surface area contributed by atoms with E-state index in [0.29, 0.717) is 17.0 Å². The molecular formula is C22H19N2O6-. The van der Waals surface area contributed by atoms with Gasteiger partial charge in [0.25, 0.3) is 11.8 Å². The molecule has 1 saturated heterocycles. The van der Waals surface area contributed by atoms with Crippen molar-refractivity contribution in [2.75, 3.05) is 4.90 Å². The van der Waals surface area contributed by atoms with E-state index < -0.39 is 29.9 Å². The molecular weight excluding hydrogens is 388 g/mol. The summed E-state index contributed by atoms with van der Waals surface area (Å²) in [6.45, 7) is 4.99. The zero-order valence-electron chi connectivity index (χ0n) is 16.6. The number of rotatable bonds is 5. The SMILES string of the molecule is Cc1cccc(N2C(=O)NC(=O)/C(=C\c3ccc(O[C@H](C)C(=O)[O-])cc3)C2=O)c1C. The quantitative estimate of drug-likeness (QED) is 0.593. The summed E-state index contributed by atoms with van der Waals surface area (Å²) in [5.41, 5.74) is 2.34. The van der Waals surface area contributed by atoms with E-state index in [-0.39, 0.29) is 5.57 Å². The molecule has 1 atom stereocenters. The Balaban J connectivity index is 1.91. The Bertz CT molecular complexity index is 1070. The first-order valence-electron chi connectivity index (χ1n) is 9.14. The van der Waals surface area contributed by atoms with Crippen LogP contribution in [0.5, 0.6) is 5.75 Å². The van der Waals surface area contributed by atoms with Crippen LogP contribution in [0.25, 0.3) is 6.08 Å². The van der Waals surface area contributed by atoms with Gasteiger partial charge in [0.15, 0.2) is 0 Å². The van der Waals surface area contributed by atoms with Gasteiger partial charge in [-0.15, -0.1) is 0 Å². The van der Waals surface area contributed by atoms with Crippen LogP contribution < -0.4 is 20.1 Å². The fourth-order valence-corrected chi connectivity index (χ4v) is 2.92. The maximum atomic E-state index is 13.0. The number of aryl methyl sites for hydroxylation is 1. The lowest BCUT2D eigenvalue weighted by molar-refractivity contribution is -0.312. The van der Waals surface area contributed by atoms with Gasteiger partial charge in [0.1, 0.15) is 17.4 Å². The second-order valence-electron chi connectivity index (χ2n) is 6.83. The lowest BCUT2D eigenvalue weighted by Crippen LogP contribution is -2.54. The highest BCUT2D eigenvalue weighted by Crippen LogP contribution is 2.27. The van der Waals surface area contributed by atoms with Crippen LogP contribution >= 0.6 is 0 Å². The standard InChI is InChI=1S/C22H20N2O6/c1-12-5-4-6-18(13(12)2)24-20(26)17(19(25)23-22(24)29)11-15-7-9-16(10-8-15)30-14(3)21(27)28/h4-11,14H,1-3H3,(H,27,28)(H,23,25,29)/p-1/b17-11+/t14-/m1/s1. The molecule has 8 nitrogen and oxygen atoms in total. The molecule has 30 heavy (non-hydrogen) atoms. The molecule has 8 heteroatoms. The maximum absolute atomic E-state index is 13.0. The van der Waals surface area contributed by atoms with E-state index in [4.69, 9.17) is 4.74 Å². The molecule has 0 aromatic heterocycles. The van der Waals surface area contributed by atoms with Crippen molar-refractivity contribution in [1.29, 1.82) is 0 Å². The molecule has 1 fully saturated rings. The number of carboxylic acids is 1. The summed E-state index contributed by atoms with van der Waals surface area (Å²) in [5, 5.41) is 13.0. The van der Waals surface area contributed by atoms with Crippen molar-refractivity contribution in [1.82, 2.24) is 5.32 Å². The monoisotopic (exact) mass is 407 g/mol. The summed E-state index contributed by atoms with van der Waals surface area (Å²) in [7, 11) is 0. The van der Waals surface area contributed by atoms with Crippen LogP contribution in [0.15, 0.2) is 48.0 Å². The summed E-state index contributed by atoms with van der Waals surface area (Å²) in [6.07, 6.45) is 0.228. The minimum atomic E-state index is -1.35. The third kappa shape index (κ3) is 4.07. The van der Waals surface area contributed by atoms with Crippen LogP contribution in [0.2, 0.25) is 0 Å². The Hall–Kier alpha value is -3.94. The Morgan fingerprint density at radius 1 is 1.10 bits per heavy atom. The topological polar surface area (TPSA) is 116 Å². The number of barbiturate groups is 1. The number of hydrogen-bond acceptors (Lipinski definition) is 6. The van der Waals surface area contributed by atoms with Gasteiger partial charge < -0.3 is 14.6 Å². The number of anilines is 1. The first-order chi connectivity index (χ1) is 14.2. The number of amides is 4. The van der Waals surface area contributed by atoms with Crippen LogP contribution in [-0.2, 0) is 14.4 Å².